The van der Waals surface area contributed by atoms with Gasteiger partial charge in [0.25, 0.3) is 0 Å². The number of ether oxygens (including phenoxy) is 1. The predicted molar refractivity (Wildman–Crippen MR) is 105 cm³/mol. The van der Waals surface area contributed by atoms with E-state index in [1.807, 2.05) is 0 Å². The summed E-state index contributed by atoms with van der Waals surface area (Å²) in [5, 5.41) is 3.22. The fraction of sp³-hybridized carbons (Fsp3) is 0.235. The molecule has 140 valence electrons. The molecule has 0 aliphatic carbocycles. The summed E-state index contributed by atoms with van der Waals surface area (Å²) < 4.78 is 30.7. The molecule has 0 heterocycles. The third kappa shape index (κ3) is 4.60. The number of sulfonamides is 1. The van der Waals surface area contributed by atoms with Crippen LogP contribution >= 0.6 is 23.2 Å². The molecule has 0 radical (unpaired) electrons. The fourth-order valence-electron chi connectivity index (χ4n) is 2.40. The molecule has 9 heteroatoms. The predicted octanol–water partition coefficient (Wildman–Crippen LogP) is 3.80. The van der Waals surface area contributed by atoms with Crippen LogP contribution in [0.1, 0.15) is 6.92 Å². The maximum Gasteiger partial charge on any atom is 0.248 e. The molecule has 0 bridgehead atoms. The molecule has 1 N–H and O–H groups in total. The highest BCUT2D eigenvalue weighted by Gasteiger charge is 2.30. The van der Waals surface area contributed by atoms with Gasteiger partial charge in [-0.3, -0.25) is 9.10 Å². The molecule has 0 saturated carbocycles. The molecule has 6 nitrogen and oxygen atoms in total. The van der Waals surface area contributed by atoms with Gasteiger partial charge in [-0.1, -0.05) is 35.3 Å². The largest absolute Gasteiger partial charge is 0.495 e. The van der Waals surface area contributed by atoms with Crippen molar-refractivity contribution in [1.82, 2.24) is 0 Å². The Bertz CT molecular complexity index is 919. The monoisotopic (exact) mass is 416 g/mol. The van der Waals surface area contributed by atoms with E-state index >= 15 is 0 Å². The number of amides is 1. The summed E-state index contributed by atoms with van der Waals surface area (Å²) in [4.78, 5) is 12.6. The van der Waals surface area contributed by atoms with E-state index in [2.05, 4.69) is 5.32 Å². The second-order valence-corrected chi connectivity index (χ2v) is 8.20. The standard InChI is InChI=1S/C17H18Cl2N2O4S/c1-11(17(22)20-15-7-5-4-6-13(15)18)21(26(3,23)24)12-8-9-16(25-2)14(19)10-12/h4-11H,1-3H3,(H,20,22)/t11-/m0/s1. The normalized spacial score (nSPS) is 12.3. The van der Waals surface area contributed by atoms with Crippen LogP contribution in [0.25, 0.3) is 0 Å². The number of nitrogens with zero attached hydrogens (tertiary/aromatic N) is 1. The first kappa shape index (κ1) is 20.4. The summed E-state index contributed by atoms with van der Waals surface area (Å²) in [5.41, 5.74) is 0.646. The van der Waals surface area contributed by atoms with Gasteiger partial charge in [-0.2, -0.15) is 0 Å². The number of hydrogen-bond donors (Lipinski definition) is 1. The third-order valence-electron chi connectivity index (χ3n) is 3.61. The lowest BCUT2D eigenvalue weighted by atomic mass is 10.2. The smallest absolute Gasteiger partial charge is 0.248 e. The van der Waals surface area contributed by atoms with Crippen molar-refractivity contribution in [1.29, 1.82) is 0 Å². The zero-order valence-corrected chi connectivity index (χ0v) is 16.7. The van der Waals surface area contributed by atoms with E-state index in [0.717, 1.165) is 10.6 Å². The summed E-state index contributed by atoms with van der Waals surface area (Å²) in [6.07, 6.45) is 1.02. The van der Waals surface area contributed by atoms with Crippen LogP contribution in [0.4, 0.5) is 11.4 Å². The van der Waals surface area contributed by atoms with E-state index in [0.29, 0.717) is 16.5 Å². The van der Waals surface area contributed by atoms with E-state index in [4.69, 9.17) is 27.9 Å². The molecule has 0 aliphatic heterocycles. The van der Waals surface area contributed by atoms with Crippen LogP contribution in [0.2, 0.25) is 10.0 Å². The minimum Gasteiger partial charge on any atom is -0.495 e. The topological polar surface area (TPSA) is 75.7 Å². The van der Waals surface area contributed by atoms with Gasteiger partial charge < -0.3 is 10.1 Å². The molecule has 26 heavy (non-hydrogen) atoms. The number of methoxy groups -OCH3 is 1. The zero-order chi connectivity index (χ0) is 19.5. The second kappa shape index (κ2) is 8.16. The molecule has 0 aromatic heterocycles. The molecule has 1 amide bonds. The Morgan fingerprint density at radius 1 is 1.15 bits per heavy atom. The number of benzene rings is 2. The van der Waals surface area contributed by atoms with Crippen molar-refractivity contribution in [3.63, 3.8) is 0 Å². The molecule has 0 fully saturated rings. The van der Waals surface area contributed by atoms with Crippen molar-refractivity contribution in [3.8, 4) is 5.75 Å². The summed E-state index contributed by atoms with van der Waals surface area (Å²) >= 11 is 12.1. The number of carbonyl (C=O) groups is 1. The van der Waals surface area contributed by atoms with E-state index in [1.165, 1.54) is 32.2 Å². The van der Waals surface area contributed by atoms with Crippen LogP contribution in [0.15, 0.2) is 42.5 Å². The quantitative estimate of drug-likeness (QED) is 0.776. The third-order valence-corrected chi connectivity index (χ3v) is 5.48. The number of halogens is 2. The van der Waals surface area contributed by atoms with Crippen molar-refractivity contribution >= 4 is 50.5 Å². The van der Waals surface area contributed by atoms with Crippen LogP contribution in [-0.2, 0) is 14.8 Å². The van der Waals surface area contributed by atoms with Gasteiger partial charge in [-0.25, -0.2) is 8.42 Å². The van der Waals surface area contributed by atoms with Crippen LogP contribution < -0.4 is 14.4 Å². The molecule has 0 aliphatic rings. The summed E-state index contributed by atoms with van der Waals surface area (Å²) in [5.74, 6) is -0.132. The summed E-state index contributed by atoms with van der Waals surface area (Å²) in [7, 11) is -2.31. The number of carbonyl (C=O) groups excluding carboxylic acids is 1. The minimum atomic E-state index is -3.76. The summed E-state index contributed by atoms with van der Waals surface area (Å²) in [6.45, 7) is 1.48. The minimum absolute atomic E-state index is 0.234. The fourth-order valence-corrected chi connectivity index (χ4v) is 4.00. The Kier molecular flexibility index (Phi) is 6.39. The van der Waals surface area contributed by atoms with E-state index in [-0.39, 0.29) is 10.7 Å². The van der Waals surface area contributed by atoms with E-state index < -0.39 is 22.0 Å². The van der Waals surface area contributed by atoms with Gasteiger partial charge in [0.1, 0.15) is 11.8 Å². The molecular formula is C17H18Cl2N2O4S. The molecule has 2 aromatic carbocycles. The van der Waals surface area contributed by atoms with Gasteiger partial charge >= 0.3 is 0 Å². The zero-order valence-electron chi connectivity index (χ0n) is 14.4. The van der Waals surface area contributed by atoms with Crippen molar-refractivity contribution in [3.05, 3.63) is 52.5 Å². The first-order chi connectivity index (χ1) is 12.1. The van der Waals surface area contributed by atoms with Crippen LogP contribution in [0.5, 0.6) is 5.75 Å². The molecule has 0 spiro atoms. The molecule has 1 atom stereocenters. The number of rotatable bonds is 6. The highest BCUT2D eigenvalue weighted by Crippen LogP contribution is 2.31. The van der Waals surface area contributed by atoms with Gasteiger partial charge in [-0.05, 0) is 37.3 Å². The first-order valence-corrected chi connectivity index (χ1v) is 10.1. The highest BCUT2D eigenvalue weighted by molar-refractivity contribution is 7.92. The van der Waals surface area contributed by atoms with Gasteiger partial charge in [0.05, 0.1) is 34.8 Å². The molecule has 2 rings (SSSR count). The number of para-hydroxylation sites is 1. The number of nitrogens with one attached hydrogen (secondary N) is 1. The van der Waals surface area contributed by atoms with Gasteiger partial charge in [-0.15, -0.1) is 0 Å². The maximum atomic E-state index is 12.6. The Hall–Kier alpha value is -1.96. The average molecular weight is 417 g/mol. The lowest BCUT2D eigenvalue weighted by Crippen LogP contribution is -2.45. The summed E-state index contributed by atoms with van der Waals surface area (Å²) in [6, 6.07) is 10.1. The van der Waals surface area contributed by atoms with E-state index in [1.54, 1.807) is 24.3 Å². The van der Waals surface area contributed by atoms with Crippen LogP contribution in [0.3, 0.4) is 0 Å². The molecule has 2 aromatic rings. The Morgan fingerprint density at radius 2 is 1.81 bits per heavy atom. The maximum absolute atomic E-state index is 12.6. The number of anilines is 2. The highest BCUT2D eigenvalue weighted by atomic mass is 35.5. The van der Waals surface area contributed by atoms with Crippen molar-refractivity contribution < 1.29 is 17.9 Å². The Balaban J connectivity index is 2.36. The van der Waals surface area contributed by atoms with Crippen LogP contribution in [-0.4, -0.2) is 33.7 Å². The van der Waals surface area contributed by atoms with Crippen molar-refractivity contribution in [2.75, 3.05) is 23.0 Å². The van der Waals surface area contributed by atoms with Crippen LogP contribution in [0, 0.1) is 0 Å². The van der Waals surface area contributed by atoms with Gasteiger partial charge in [0.15, 0.2) is 0 Å². The van der Waals surface area contributed by atoms with Gasteiger partial charge in [0, 0.05) is 0 Å². The Morgan fingerprint density at radius 3 is 2.35 bits per heavy atom. The lowest BCUT2D eigenvalue weighted by Gasteiger charge is -2.28. The first-order valence-electron chi connectivity index (χ1n) is 7.53. The molecular weight excluding hydrogens is 399 g/mol. The average Bonchev–Trinajstić information content (AvgIpc) is 2.56. The van der Waals surface area contributed by atoms with E-state index in [9.17, 15) is 13.2 Å². The Labute approximate surface area is 162 Å². The lowest BCUT2D eigenvalue weighted by molar-refractivity contribution is -0.116. The van der Waals surface area contributed by atoms with Crippen molar-refractivity contribution in [2.24, 2.45) is 0 Å². The molecule has 0 unspecified atom stereocenters. The number of hydrogen-bond acceptors (Lipinski definition) is 4. The van der Waals surface area contributed by atoms with Crippen molar-refractivity contribution in [2.45, 2.75) is 13.0 Å². The molecule has 0 saturated heterocycles. The SMILES string of the molecule is COc1ccc(N([C@@H](C)C(=O)Nc2ccccc2Cl)S(C)(=O)=O)cc1Cl. The van der Waals surface area contributed by atoms with Gasteiger partial charge in [0.2, 0.25) is 15.9 Å². The second-order valence-electron chi connectivity index (χ2n) is 5.52.